The van der Waals surface area contributed by atoms with E-state index in [0.29, 0.717) is 34.1 Å². The van der Waals surface area contributed by atoms with Crippen LogP contribution in [0.4, 0.5) is 10.6 Å². The van der Waals surface area contributed by atoms with E-state index in [-0.39, 0.29) is 28.9 Å². The van der Waals surface area contributed by atoms with Gasteiger partial charge in [0.1, 0.15) is 27.8 Å². The van der Waals surface area contributed by atoms with E-state index in [0.717, 1.165) is 57.4 Å². The van der Waals surface area contributed by atoms with E-state index < -0.39 is 5.60 Å². The average molecular weight is 651 g/mol. The summed E-state index contributed by atoms with van der Waals surface area (Å²) < 4.78 is 13.7. The van der Waals surface area contributed by atoms with Crippen molar-refractivity contribution in [1.29, 1.82) is 0 Å². The number of halogens is 2. The van der Waals surface area contributed by atoms with Gasteiger partial charge in [0.15, 0.2) is 11.9 Å². The molecule has 2 aliphatic heterocycles. The second kappa shape index (κ2) is 11.7. The Bertz CT molecular complexity index is 1740. The van der Waals surface area contributed by atoms with Crippen LogP contribution in [0.3, 0.4) is 0 Å². The first-order valence-corrected chi connectivity index (χ1v) is 16.4. The van der Waals surface area contributed by atoms with Crippen molar-refractivity contribution in [2.24, 2.45) is 5.41 Å². The third kappa shape index (κ3) is 5.72. The maximum Gasteiger partial charge on any atom is 0.408 e. The van der Waals surface area contributed by atoms with Gasteiger partial charge < -0.3 is 19.7 Å². The highest BCUT2D eigenvalue weighted by Gasteiger charge is 2.49. The van der Waals surface area contributed by atoms with Crippen molar-refractivity contribution in [3.8, 4) is 11.3 Å². The molecule has 12 heteroatoms. The van der Waals surface area contributed by atoms with Crippen molar-refractivity contribution in [1.82, 2.24) is 30.0 Å². The fraction of sp³-hybridized carbons (Fsp3) is 0.485. The van der Waals surface area contributed by atoms with E-state index in [1.54, 1.807) is 12.3 Å². The minimum atomic E-state index is -0.569. The normalized spacial score (nSPS) is 21.2. The van der Waals surface area contributed by atoms with Crippen LogP contribution in [-0.2, 0) is 15.9 Å². The molecule has 236 valence electrons. The maximum atomic E-state index is 13.0. The number of carbonyl (C=O) groups excluding carboxylic acids is 1. The first kappa shape index (κ1) is 30.2. The van der Waals surface area contributed by atoms with Gasteiger partial charge in [-0.3, -0.25) is 0 Å². The van der Waals surface area contributed by atoms with Crippen molar-refractivity contribution in [3.63, 3.8) is 0 Å². The smallest absolute Gasteiger partial charge is 0.408 e. The van der Waals surface area contributed by atoms with Crippen molar-refractivity contribution in [3.05, 3.63) is 64.0 Å². The van der Waals surface area contributed by atoms with Gasteiger partial charge in [-0.25, -0.2) is 24.4 Å². The first-order valence-electron chi connectivity index (χ1n) is 15.6. The number of pyridine rings is 1. The second-order valence-electron chi connectivity index (χ2n) is 13.3. The molecule has 4 aromatic rings. The van der Waals surface area contributed by atoms with Gasteiger partial charge in [0, 0.05) is 36.9 Å². The van der Waals surface area contributed by atoms with E-state index in [1.807, 2.05) is 37.7 Å². The summed E-state index contributed by atoms with van der Waals surface area (Å²) in [5, 5.41) is 8.73. The summed E-state index contributed by atoms with van der Waals surface area (Å²) in [5.41, 5.74) is 4.32. The number of rotatable bonds is 4. The molecule has 1 N–H and O–H groups in total. The highest BCUT2D eigenvalue weighted by Crippen LogP contribution is 2.52. The number of nitrogens with one attached hydrogen (secondary N) is 1. The van der Waals surface area contributed by atoms with Crippen LogP contribution in [0.1, 0.15) is 76.3 Å². The molecule has 3 aromatic heterocycles. The molecular formula is C33H37Cl2N7O3. The first-order chi connectivity index (χ1) is 21.6. The van der Waals surface area contributed by atoms with E-state index in [9.17, 15) is 4.79 Å². The molecule has 2 saturated heterocycles. The zero-order chi connectivity index (χ0) is 31.3. The molecule has 2 fully saturated rings. The molecule has 1 unspecified atom stereocenters. The standard InChI is InChI=1S/C33H37Cl2N7O3/c1-32(2,3)45-31(43)39-28-21-9-5-4-8-20(21)18-33(28)12-15-41(16-13-33)23-19-37-27-26(22-11-14-36-29(35)25(22)34)40-42(30(27)38-23)24-10-6-7-17-44-24/h4-5,8-9,11,14,19,24,28H,6-7,10,12-13,15-18H2,1-3H3,(H,39,43)/t24?,28-/m1/s1. The summed E-state index contributed by atoms with van der Waals surface area (Å²) in [5.74, 6) is 0.784. The number of piperidine rings is 1. The number of hydrogen-bond donors (Lipinski definition) is 1. The van der Waals surface area contributed by atoms with Crippen molar-refractivity contribution in [2.45, 2.75) is 77.2 Å². The number of fused-ring (bicyclic) bond motifs is 2. The van der Waals surface area contributed by atoms with Crippen LogP contribution in [0.2, 0.25) is 10.2 Å². The lowest BCUT2D eigenvalue weighted by Crippen LogP contribution is -2.48. The Balaban J connectivity index is 1.19. The van der Waals surface area contributed by atoms with Gasteiger partial charge in [-0.2, -0.15) is 5.10 Å². The van der Waals surface area contributed by atoms with Crippen LogP contribution in [0.25, 0.3) is 22.4 Å². The van der Waals surface area contributed by atoms with Gasteiger partial charge in [-0.1, -0.05) is 47.5 Å². The zero-order valence-electron chi connectivity index (χ0n) is 25.7. The summed E-state index contributed by atoms with van der Waals surface area (Å²) in [7, 11) is 0. The Kier molecular flexibility index (Phi) is 7.86. The highest BCUT2D eigenvalue weighted by molar-refractivity contribution is 6.43. The molecule has 1 aromatic carbocycles. The Morgan fingerprint density at radius 3 is 2.67 bits per heavy atom. The SMILES string of the molecule is CC(C)(C)OC(=O)N[C@@H]1c2ccccc2CC12CCN(c1cnc3c(-c4ccnc(Cl)c4Cl)nn(C4CCCCO4)c3n1)CC2. The Morgan fingerprint density at radius 1 is 1.11 bits per heavy atom. The van der Waals surface area contributed by atoms with Crippen molar-refractivity contribution in [2.75, 3.05) is 24.6 Å². The number of alkyl carbamates (subject to hydrolysis) is 1. The van der Waals surface area contributed by atoms with Crippen LogP contribution >= 0.6 is 23.2 Å². The van der Waals surface area contributed by atoms with Crippen LogP contribution in [0.5, 0.6) is 0 Å². The van der Waals surface area contributed by atoms with Crippen LogP contribution < -0.4 is 10.2 Å². The fourth-order valence-electron chi connectivity index (χ4n) is 7.04. The lowest BCUT2D eigenvalue weighted by molar-refractivity contribution is -0.0368. The molecule has 3 aliphatic rings. The van der Waals surface area contributed by atoms with Crippen LogP contribution in [0.15, 0.2) is 42.7 Å². The number of hydrogen-bond acceptors (Lipinski definition) is 8. The average Bonchev–Trinajstić information content (AvgIpc) is 3.54. The maximum absolute atomic E-state index is 13.0. The molecule has 45 heavy (non-hydrogen) atoms. The number of anilines is 1. The molecule has 0 radical (unpaired) electrons. The summed E-state index contributed by atoms with van der Waals surface area (Å²) in [6.45, 7) is 7.87. The molecule has 10 nitrogen and oxygen atoms in total. The quantitative estimate of drug-likeness (QED) is 0.229. The summed E-state index contributed by atoms with van der Waals surface area (Å²) in [6, 6.07) is 10.1. The number of amides is 1. The van der Waals surface area contributed by atoms with E-state index in [4.69, 9.17) is 47.7 Å². The fourth-order valence-corrected chi connectivity index (χ4v) is 7.40. The van der Waals surface area contributed by atoms with Gasteiger partial charge in [-0.05, 0) is 76.5 Å². The Hall–Kier alpha value is -3.47. The van der Waals surface area contributed by atoms with Crippen molar-refractivity contribution < 1.29 is 14.3 Å². The number of benzene rings is 1. The summed E-state index contributed by atoms with van der Waals surface area (Å²) in [4.78, 5) is 29.4. The molecule has 1 aliphatic carbocycles. The second-order valence-corrected chi connectivity index (χ2v) is 14.0. The Labute approximate surface area is 272 Å². The predicted octanol–water partition coefficient (Wildman–Crippen LogP) is 7.30. The van der Waals surface area contributed by atoms with Crippen molar-refractivity contribution >= 4 is 46.3 Å². The summed E-state index contributed by atoms with van der Waals surface area (Å²) >= 11 is 12.8. The van der Waals surface area contributed by atoms with Crippen LogP contribution in [0, 0.1) is 5.41 Å². The molecule has 2 atom stereocenters. The van der Waals surface area contributed by atoms with Gasteiger partial charge >= 0.3 is 6.09 Å². The summed E-state index contributed by atoms with van der Waals surface area (Å²) in [6.07, 6.45) is 8.38. The molecule has 0 bridgehead atoms. The minimum absolute atomic E-state index is 0.114. The molecule has 5 heterocycles. The van der Waals surface area contributed by atoms with Crippen LogP contribution in [-0.4, -0.2) is 56.1 Å². The van der Waals surface area contributed by atoms with Gasteiger partial charge in [0.05, 0.1) is 17.3 Å². The van der Waals surface area contributed by atoms with E-state index in [2.05, 4.69) is 33.4 Å². The zero-order valence-corrected chi connectivity index (χ0v) is 27.2. The highest BCUT2D eigenvalue weighted by atomic mass is 35.5. The van der Waals surface area contributed by atoms with Gasteiger partial charge in [-0.15, -0.1) is 0 Å². The molecule has 0 saturated carbocycles. The largest absolute Gasteiger partial charge is 0.444 e. The van der Waals surface area contributed by atoms with E-state index in [1.165, 1.54) is 11.1 Å². The number of ether oxygens (including phenoxy) is 2. The number of aromatic nitrogens is 5. The molecule has 1 spiro atoms. The third-order valence-electron chi connectivity index (χ3n) is 9.19. The molecule has 1 amide bonds. The third-order valence-corrected chi connectivity index (χ3v) is 9.95. The van der Waals surface area contributed by atoms with E-state index >= 15 is 0 Å². The number of carbonyl (C=O) groups is 1. The predicted molar refractivity (Wildman–Crippen MR) is 174 cm³/mol. The monoisotopic (exact) mass is 649 g/mol. The van der Waals surface area contributed by atoms with Gasteiger partial charge in [0.25, 0.3) is 0 Å². The minimum Gasteiger partial charge on any atom is -0.444 e. The van der Waals surface area contributed by atoms with Gasteiger partial charge in [0.2, 0.25) is 0 Å². The molecular weight excluding hydrogens is 613 g/mol. The molecule has 7 rings (SSSR count). The lowest BCUT2D eigenvalue weighted by atomic mass is 9.72. The topological polar surface area (TPSA) is 107 Å². The Morgan fingerprint density at radius 2 is 1.91 bits per heavy atom. The number of nitrogens with zero attached hydrogens (tertiary/aromatic N) is 6. The lowest BCUT2D eigenvalue weighted by Gasteiger charge is -2.43.